The minimum Gasteiger partial charge on any atom is -0.457 e. The normalized spacial score (nSPS) is 13.1. The molecule has 0 atom stereocenters. The SMILES string of the molecule is Cc1ncc(-c2ccc(Oc3ccc(F)c4c3CCC4)cc2)s1. The first-order valence-corrected chi connectivity index (χ1v) is 8.53. The highest BCUT2D eigenvalue weighted by Gasteiger charge is 2.20. The molecule has 116 valence electrons. The molecule has 0 aliphatic heterocycles. The molecule has 3 aromatic rings. The van der Waals surface area contributed by atoms with Gasteiger partial charge in [0.15, 0.2) is 0 Å². The zero-order valence-corrected chi connectivity index (χ0v) is 13.6. The topological polar surface area (TPSA) is 22.1 Å². The van der Waals surface area contributed by atoms with E-state index >= 15 is 0 Å². The number of nitrogens with zero attached hydrogens (tertiary/aromatic N) is 1. The summed E-state index contributed by atoms with van der Waals surface area (Å²) in [7, 11) is 0. The number of ether oxygens (including phenoxy) is 1. The van der Waals surface area contributed by atoms with Gasteiger partial charge < -0.3 is 4.74 Å². The lowest BCUT2D eigenvalue weighted by Gasteiger charge is -2.11. The highest BCUT2D eigenvalue weighted by molar-refractivity contribution is 7.15. The van der Waals surface area contributed by atoms with Crippen molar-refractivity contribution in [2.24, 2.45) is 0 Å². The van der Waals surface area contributed by atoms with Crippen LogP contribution in [-0.2, 0) is 12.8 Å². The summed E-state index contributed by atoms with van der Waals surface area (Å²) in [5, 5.41) is 1.06. The Morgan fingerprint density at radius 1 is 1.04 bits per heavy atom. The predicted molar refractivity (Wildman–Crippen MR) is 90.8 cm³/mol. The Hall–Kier alpha value is -2.20. The molecule has 4 rings (SSSR count). The summed E-state index contributed by atoms with van der Waals surface area (Å²) < 4.78 is 19.8. The number of aromatic nitrogens is 1. The van der Waals surface area contributed by atoms with Gasteiger partial charge in [0.1, 0.15) is 17.3 Å². The fraction of sp³-hybridized carbons (Fsp3) is 0.211. The molecule has 4 heteroatoms. The fourth-order valence-electron chi connectivity index (χ4n) is 3.03. The second-order valence-electron chi connectivity index (χ2n) is 5.73. The van der Waals surface area contributed by atoms with Crippen LogP contribution in [-0.4, -0.2) is 4.98 Å². The van der Waals surface area contributed by atoms with Crippen LogP contribution in [0.3, 0.4) is 0 Å². The smallest absolute Gasteiger partial charge is 0.131 e. The van der Waals surface area contributed by atoms with Crippen LogP contribution in [0.15, 0.2) is 42.6 Å². The maximum Gasteiger partial charge on any atom is 0.131 e. The first-order valence-electron chi connectivity index (χ1n) is 7.72. The van der Waals surface area contributed by atoms with Crippen molar-refractivity contribution in [3.05, 3.63) is 64.5 Å². The van der Waals surface area contributed by atoms with E-state index in [0.717, 1.165) is 57.3 Å². The number of hydrogen-bond donors (Lipinski definition) is 0. The number of halogens is 1. The number of fused-ring (bicyclic) bond motifs is 1. The van der Waals surface area contributed by atoms with E-state index in [-0.39, 0.29) is 5.82 Å². The average Bonchev–Trinajstić information content (AvgIpc) is 3.20. The third-order valence-corrected chi connectivity index (χ3v) is 5.13. The van der Waals surface area contributed by atoms with Gasteiger partial charge in [0.05, 0.1) is 9.88 Å². The van der Waals surface area contributed by atoms with Gasteiger partial charge in [-0.1, -0.05) is 0 Å². The molecule has 1 aliphatic rings. The van der Waals surface area contributed by atoms with E-state index in [1.807, 2.05) is 37.4 Å². The molecule has 2 nitrogen and oxygen atoms in total. The van der Waals surface area contributed by atoms with Gasteiger partial charge in [-0.05, 0) is 73.7 Å². The summed E-state index contributed by atoms with van der Waals surface area (Å²) in [5.74, 6) is 1.44. The van der Waals surface area contributed by atoms with Crippen molar-refractivity contribution in [3.63, 3.8) is 0 Å². The molecule has 0 saturated heterocycles. The molecule has 1 aromatic heterocycles. The molecule has 0 unspecified atom stereocenters. The Kier molecular flexibility index (Phi) is 3.62. The summed E-state index contributed by atoms with van der Waals surface area (Å²) in [6.45, 7) is 2.00. The average molecular weight is 325 g/mol. The summed E-state index contributed by atoms with van der Waals surface area (Å²) >= 11 is 1.67. The summed E-state index contributed by atoms with van der Waals surface area (Å²) in [5.41, 5.74) is 2.97. The maximum absolute atomic E-state index is 13.8. The summed E-state index contributed by atoms with van der Waals surface area (Å²) in [6, 6.07) is 11.2. The van der Waals surface area contributed by atoms with E-state index in [2.05, 4.69) is 4.98 Å². The third kappa shape index (κ3) is 2.75. The Balaban J connectivity index is 1.59. The van der Waals surface area contributed by atoms with Crippen LogP contribution >= 0.6 is 11.3 Å². The quantitative estimate of drug-likeness (QED) is 0.631. The zero-order chi connectivity index (χ0) is 15.8. The first kappa shape index (κ1) is 14.4. The fourth-order valence-corrected chi connectivity index (χ4v) is 3.82. The van der Waals surface area contributed by atoms with Gasteiger partial charge >= 0.3 is 0 Å². The van der Waals surface area contributed by atoms with E-state index in [4.69, 9.17) is 4.74 Å². The van der Waals surface area contributed by atoms with Gasteiger partial charge in [0, 0.05) is 11.8 Å². The van der Waals surface area contributed by atoms with Crippen molar-refractivity contribution in [1.29, 1.82) is 0 Å². The van der Waals surface area contributed by atoms with Crippen LogP contribution in [0.5, 0.6) is 11.5 Å². The van der Waals surface area contributed by atoms with Crippen LogP contribution in [0.25, 0.3) is 10.4 Å². The molecule has 0 bridgehead atoms. The van der Waals surface area contributed by atoms with Crippen LogP contribution < -0.4 is 4.74 Å². The van der Waals surface area contributed by atoms with Gasteiger partial charge in [-0.15, -0.1) is 11.3 Å². The van der Waals surface area contributed by atoms with Gasteiger partial charge in [0.2, 0.25) is 0 Å². The molecule has 0 fully saturated rings. The van der Waals surface area contributed by atoms with Crippen LogP contribution in [0.1, 0.15) is 22.6 Å². The zero-order valence-electron chi connectivity index (χ0n) is 12.8. The standard InChI is InChI=1S/C19H16FNOS/c1-12-21-11-19(23-12)13-5-7-14(8-6-13)22-18-10-9-17(20)15-3-2-4-16(15)18/h5-11H,2-4H2,1H3. The van der Waals surface area contributed by atoms with Crippen molar-refractivity contribution >= 4 is 11.3 Å². The number of aryl methyl sites for hydroxylation is 1. The van der Waals surface area contributed by atoms with E-state index in [1.165, 1.54) is 6.07 Å². The molecule has 0 amide bonds. The third-order valence-electron chi connectivity index (χ3n) is 4.17. The summed E-state index contributed by atoms with van der Waals surface area (Å²) in [4.78, 5) is 5.43. The lowest BCUT2D eigenvalue weighted by atomic mass is 10.1. The Bertz CT molecular complexity index is 854. The van der Waals surface area contributed by atoms with E-state index < -0.39 is 0 Å². The minimum absolute atomic E-state index is 0.110. The predicted octanol–water partition coefficient (Wildman–Crippen LogP) is 5.54. The van der Waals surface area contributed by atoms with Crippen LogP contribution in [0.4, 0.5) is 4.39 Å². The molecule has 0 saturated carbocycles. The highest BCUT2D eigenvalue weighted by atomic mass is 32.1. The van der Waals surface area contributed by atoms with E-state index in [0.29, 0.717) is 0 Å². The Morgan fingerprint density at radius 3 is 2.57 bits per heavy atom. The van der Waals surface area contributed by atoms with Crippen LogP contribution in [0, 0.1) is 12.7 Å². The highest BCUT2D eigenvalue weighted by Crippen LogP contribution is 2.36. The minimum atomic E-state index is -0.110. The lowest BCUT2D eigenvalue weighted by molar-refractivity contribution is 0.474. The van der Waals surface area contributed by atoms with Gasteiger partial charge in [-0.3, -0.25) is 0 Å². The molecule has 1 aliphatic carbocycles. The Morgan fingerprint density at radius 2 is 1.83 bits per heavy atom. The molecule has 1 heterocycles. The number of thiazole rings is 1. The van der Waals surface area contributed by atoms with Crippen molar-refractivity contribution in [2.45, 2.75) is 26.2 Å². The molecule has 0 N–H and O–H groups in total. The first-order chi connectivity index (χ1) is 11.2. The number of rotatable bonds is 3. The molecular formula is C19H16FNOS. The second kappa shape index (κ2) is 5.78. The lowest BCUT2D eigenvalue weighted by Crippen LogP contribution is -1.94. The van der Waals surface area contributed by atoms with Crippen molar-refractivity contribution in [2.75, 3.05) is 0 Å². The molecule has 0 radical (unpaired) electrons. The number of benzene rings is 2. The molecular weight excluding hydrogens is 309 g/mol. The Labute approximate surface area is 138 Å². The second-order valence-corrected chi connectivity index (χ2v) is 6.96. The molecule has 2 aromatic carbocycles. The van der Waals surface area contributed by atoms with E-state index in [1.54, 1.807) is 17.4 Å². The van der Waals surface area contributed by atoms with E-state index in [9.17, 15) is 4.39 Å². The van der Waals surface area contributed by atoms with Gasteiger partial charge in [-0.2, -0.15) is 0 Å². The van der Waals surface area contributed by atoms with Crippen molar-refractivity contribution < 1.29 is 9.13 Å². The van der Waals surface area contributed by atoms with Gasteiger partial charge in [-0.25, -0.2) is 9.37 Å². The molecule has 23 heavy (non-hydrogen) atoms. The van der Waals surface area contributed by atoms with Crippen LogP contribution in [0.2, 0.25) is 0 Å². The summed E-state index contributed by atoms with van der Waals surface area (Å²) in [6.07, 6.45) is 4.59. The maximum atomic E-state index is 13.8. The monoisotopic (exact) mass is 325 g/mol. The van der Waals surface area contributed by atoms with Crippen molar-refractivity contribution in [3.8, 4) is 21.9 Å². The van der Waals surface area contributed by atoms with Crippen molar-refractivity contribution in [1.82, 2.24) is 4.98 Å². The number of hydrogen-bond acceptors (Lipinski definition) is 3. The molecule has 0 spiro atoms. The van der Waals surface area contributed by atoms with Gasteiger partial charge in [0.25, 0.3) is 0 Å². The largest absolute Gasteiger partial charge is 0.457 e.